The summed E-state index contributed by atoms with van der Waals surface area (Å²) in [4.78, 5) is 0. The molecule has 3 N–H and O–H groups in total. The molecule has 0 aliphatic carbocycles. The van der Waals surface area contributed by atoms with Crippen LogP contribution in [0.3, 0.4) is 0 Å². The summed E-state index contributed by atoms with van der Waals surface area (Å²) in [5.41, 5.74) is 5.56. The lowest BCUT2D eigenvalue weighted by molar-refractivity contribution is -0.127. The summed E-state index contributed by atoms with van der Waals surface area (Å²) in [6, 6.07) is 2.55. The Morgan fingerprint density at radius 1 is 1.36 bits per heavy atom. The fraction of sp³-hybridized carbons (Fsp3) is 0.333. The maximum atomic E-state index is 12.1. The Bertz CT molecular complexity index is 347. The molecule has 1 aromatic rings. The fourth-order valence-electron chi connectivity index (χ4n) is 1.20. The van der Waals surface area contributed by atoms with Crippen LogP contribution in [-0.2, 0) is 6.42 Å². The van der Waals surface area contributed by atoms with E-state index in [1.165, 1.54) is 19.1 Å². The molecule has 0 atom stereocenters. The molecule has 1 rings (SSSR count). The van der Waals surface area contributed by atoms with E-state index in [0.717, 1.165) is 0 Å². The molecule has 0 heterocycles. The Morgan fingerprint density at radius 3 is 2.43 bits per heavy atom. The molecule has 2 nitrogen and oxygen atoms in total. The van der Waals surface area contributed by atoms with Gasteiger partial charge in [0.2, 0.25) is 0 Å². The van der Waals surface area contributed by atoms with Gasteiger partial charge in [-0.2, -0.15) is 13.2 Å². The second-order valence-corrected chi connectivity index (χ2v) is 3.07. The van der Waals surface area contributed by atoms with Gasteiger partial charge in [-0.3, -0.25) is 0 Å². The van der Waals surface area contributed by atoms with Crippen molar-refractivity contribution in [3.63, 3.8) is 0 Å². The van der Waals surface area contributed by atoms with Crippen molar-refractivity contribution in [3.8, 4) is 5.75 Å². The van der Waals surface area contributed by atoms with E-state index in [2.05, 4.69) is 0 Å². The highest BCUT2D eigenvalue weighted by atomic mass is 19.4. The summed E-state index contributed by atoms with van der Waals surface area (Å²) in [6.07, 6.45) is -5.42. The normalized spacial score (nSPS) is 11.7. The highest BCUT2D eigenvalue weighted by Gasteiger charge is 2.29. The standard InChI is InChI=1S/C9H10F3NO/c1-5-6(4-9(10,11)12)7(13)2-3-8(5)14/h2-3,14H,4,13H2,1H3. The summed E-state index contributed by atoms with van der Waals surface area (Å²) >= 11 is 0. The first-order valence-corrected chi connectivity index (χ1v) is 3.95. The summed E-state index contributed by atoms with van der Waals surface area (Å²) in [7, 11) is 0. The predicted molar refractivity (Wildman–Crippen MR) is 47.0 cm³/mol. The van der Waals surface area contributed by atoms with Crippen molar-refractivity contribution in [2.75, 3.05) is 5.73 Å². The molecule has 0 aromatic heterocycles. The molecular weight excluding hydrogens is 195 g/mol. The molecule has 78 valence electrons. The van der Waals surface area contributed by atoms with Crippen LogP contribution in [0.5, 0.6) is 5.75 Å². The number of nitrogens with two attached hydrogens (primary N) is 1. The lowest BCUT2D eigenvalue weighted by atomic mass is 10.0. The summed E-state index contributed by atoms with van der Waals surface area (Å²) < 4.78 is 36.3. The third-order valence-corrected chi connectivity index (χ3v) is 1.98. The van der Waals surface area contributed by atoms with Crippen LogP contribution < -0.4 is 5.73 Å². The molecule has 0 saturated carbocycles. The number of hydrogen-bond donors (Lipinski definition) is 2. The molecule has 0 saturated heterocycles. The zero-order valence-electron chi connectivity index (χ0n) is 7.52. The monoisotopic (exact) mass is 205 g/mol. The number of benzene rings is 1. The van der Waals surface area contributed by atoms with Crippen LogP contribution in [-0.4, -0.2) is 11.3 Å². The maximum absolute atomic E-state index is 12.1. The molecule has 0 aliphatic heterocycles. The van der Waals surface area contributed by atoms with Crippen molar-refractivity contribution in [1.29, 1.82) is 0 Å². The molecule has 0 bridgehead atoms. The zero-order chi connectivity index (χ0) is 10.9. The van der Waals surface area contributed by atoms with E-state index in [0.29, 0.717) is 0 Å². The molecule has 0 unspecified atom stereocenters. The first-order chi connectivity index (χ1) is 6.31. The van der Waals surface area contributed by atoms with Crippen LogP contribution in [0.4, 0.5) is 18.9 Å². The maximum Gasteiger partial charge on any atom is 0.393 e. The van der Waals surface area contributed by atoms with Gasteiger partial charge in [0.1, 0.15) is 5.75 Å². The Kier molecular flexibility index (Phi) is 2.59. The number of alkyl halides is 3. The zero-order valence-corrected chi connectivity index (χ0v) is 7.52. The molecule has 1 aromatic carbocycles. The number of phenolic OH excluding ortho intramolecular Hbond substituents is 1. The minimum absolute atomic E-state index is 0.0534. The molecule has 0 radical (unpaired) electrons. The minimum atomic E-state index is -4.31. The SMILES string of the molecule is Cc1c(O)ccc(N)c1CC(F)(F)F. The van der Waals surface area contributed by atoms with Gasteiger partial charge >= 0.3 is 6.18 Å². The van der Waals surface area contributed by atoms with E-state index in [1.807, 2.05) is 0 Å². The molecular formula is C9H10F3NO. The van der Waals surface area contributed by atoms with Crippen LogP contribution in [0.1, 0.15) is 11.1 Å². The number of anilines is 1. The first kappa shape index (κ1) is 10.7. The van der Waals surface area contributed by atoms with Gasteiger partial charge in [-0.25, -0.2) is 0 Å². The van der Waals surface area contributed by atoms with Crippen molar-refractivity contribution in [1.82, 2.24) is 0 Å². The van der Waals surface area contributed by atoms with Gasteiger partial charge < -0.3 is 10.8 Å². The lowest BCUT2D eigenvalue weighted by Gasteiger charge is -2.12. The van der Waals surface area contributed by atoms with Crippen molar-refractivity contribution >= 4 is 5.69 Å². The Morgan fingerprint density at radius 2 is 1.93 bits per heavy atom. The molecule has 0 spiro atoms. The molecule has 0 fully saturated rings. The first-order valence-electron chi connectivity index (χ1n) is 3.95. The Balaban J connectivity index is 3.13. The van der Waals surface area contributed by atoms with Gasteiger partial charge in [-0.15, -0.1) is 0 Å². The van der Waals surface area contributed by atoms with Gasteiger partial charge in [0.15, 0.2) is 0 Å². The van der Waals surface area contributed by atoms with Gasteiger partial charge in [-0.1, -0.05) is 0 Å². The van der Waals surface area contributed by atoms with Gasteiger partial charge in [0.05, 0.1) is 6.42 Å². The number of nitrogen functional groups attached to an aromatic ring is 1. The number of phenols is 1. The van der Waals surface area contributed by atoms with Crippen molar-refractivity contribution in [3.05, 3.63) is 23.3 Å². The summed E-state index contributed by atoms with van der Waals surface area (Å²) in [6.45, 7) is 1.41. The largest absolute Gasteiger partial charge is 0.508 e. The quantitative estimate of drug-likeness (QED) is 0.546. The lowest BCUT2D eigenvalue weighted by Crippen LogP contribution is -2.14. The van der Waals surface area contributed by atoms with Crippen LogP contribution >= 0.6 is 0 Å². The summed E-state index contributed by atoms with van der Waals surface area (Å²) in [5, 5.41) is 9.20. The number of aromatic hydroxyl groups is 1. The van der Waals surface area contributed by atoms with Gasteiger partial charge in [0.25, 0.3) is 0 Å². The molecule has 0 aliphatic rings. The number of rotatable bonds is 1. The second kappa shape index (κ2) is 3.40. The van der Waals surface area contributed by atoms with Crippen LogP contribution in [0, 0.1) is 6.92 Å². The van der Waals surface area contributed by atoms with Crippen molar-refractivity contribution in [2.24, 2.45) is 0 Å². The predicted octanol–water partition coefficient (Wildman–Crippen LogP) is 2.39. The molecule has 5 heteroatoms. The van der Waals surface area contributed by atoms with E-state index in [9.17, 15) is 18.3 Å². The highest BCUT2D eigenvalue weighted by molar-refractivity contribution is 5.55. The number of hydrogen-bond acceptors (Lipinski definition) is 2. The fourth-order valence-corrected chi connectivity index (χ4v) is 1.20. The Labute approximate surface area is 79.2 Å². The minimum Gasteiger partial charge on any atom is -0.508 e. The van der Waals surface area contributed by atoms with Crippen molar-refractivity contribution < 1.29 is 18.3 Å². The average molecular weight is 205 g/mol. The van der Waals surface area contributed by atoms with Crippen LogP contribution in [0.25, 0.3) is 0 Å². The highest BCUT2D eigenvalue weighted by Crippen LogP contribution is 2.31. The van der Waals surface area contributed by atoms with E-state index in [-0.39, 0.29) is 22.6 Å². The van der Waals surface area contributed by atoms with Crippen LogP contribution in [0.15, 0.2) is 12.1 Å². The average Bonchev–Trinajstić information content (AvgIpc) is 2.04. The van der Waals surface area contributed by atoms with Gasteiger partial charge in [0, 0.05) is 5.69 Å². The van der Waals surface area contributed by atoms with E-state index < -0.39 is 12.6 Å². The Hall–Kier alpha value is -1.39. The smallest absolute Gasteiger partial charge is 0.393 e. The van der Waals surface area contributed by atoms with E-state index >= 15 is 0 Å². The van der Waals surface area contributed by atoms with Gasteiger partial charge in [-0.05, 0) is 30.2 Å². The second-order valence-electron chi connectivity index (χ2n) is 3.07. The van der Waals surface area contributed by atoms with Crippen LogP contribution in [0.2, 0.25) is 0 Å². The number of halogens is 3. The summed E-state index contributed by atoms with van der Waals surface area (Å²) in [5.74, 6) is -0.168. The molecule has 0 amide bonds. The third-order valence-electron chi connectivity index (χ3n) is 1.98. The third kappa shape index (κ3) is 2.31. The van der Waals surface area contributed by atoms with E-state index in [4.69, 9.17) is 5.73 Å². The molecule has 14 heavy (non-hydrogen) atoms. The topological polar surface area (TPSA) is 46.2 Å². The van der Waals surface area contributed by atoms with Crippen molar-refractivity contribution in [2.45, 2.75) is 19.5 Å². The van der Waals surface area contributed by atoms with E-state index in [1.54, 1.807) is 0 Å².